The van der Waals surface area contributed by atoms with Crippen molar-refractivity contribution in [3.63, 3.8) is 0 Å². The predicted octanol–water partition coefficient (Wildman–Crippen LogP) is 2.86. The third-order valence-electron chi connectivity index (χ3n) is 4.63. The number of hydrogen-bond donors (Lipinski definition) is 1. The zero-order valence-electron chi connectivity index (χ0n) is 15.4. The summed E-state index contributed by atoms with van der Waals surface area (Å²) < 4.78 is 11.5. The lowest BCUT2D eigenvalue weighted by atomic mass is 10.2. The molecule has 26 heavy (non-hydrogen) atoms. The number of likely N-dealkylation sites (N-methyl/N-ethyl adjacent to an activating group) is 1. The van der Waals surface area contributed by atoms with Gasteiger partial charge in [0.15, 0.2) is 0 Å². The molecule has 1 unspecified atom stereocenters. The highest BCUT2D eigenvalue weighted by molar-refractivity contribution is 5.35. The van der Waals surface area contributed by atoms with Crippen molar-refractivity contribution >= 4 is 0 Å². The molecule has 1 heterocycles. The predicted molar refractivity (Wildman–Crippen MR) is 103 cm³/mol. The van der Waals surface area contributed by atoms with Crippen molar-refractivity contribution in [3.8, 4) is 17.2 Å². The van der Waals surface area contributed by atoms with Crippen LogP contribution in [0.25, 0.3) is 0 Å². The van der Waals surface area contributed by atoms with Crippen molar-refractivity contribution in [1.29, 1.82) is 0 Å². The summed E-state index contributed by atoms with van der Waals surface area (Å²) in [7, 11) is 0. The molecule has 1 atom stereocenters. The van der Waals surface area contributed by atoms with Crippen LogP contribution >= 0.6 is 0 Å². The van der Waals surface area contributed by atoms with E-state index in [1.165, 1.54) is 0 Å². The number of aliphatic hydroxyl groups excluding tert-OH is 1. The molecule has 1 N–H and O–H groups in total. The van der Waals surface area contributed by atoms with Crippen LogP contribution in [0.4, 0.5) is 0 Å². The van der Waals surface area contributed by atoms with Gasteiger partial charge in [0.05, 0.1) is 0 Å². The van der Waals surface area contributed by atoms with Gasteiger partial charge in [-0.1, -0.05) is 25.1 Å². The molecule has 3 rings (SSSR count). The van der Waals surface area contributed by atoms with Gasteiger partial charge in [-0.3, -0.25) is 4.90 Å². The maximum atomic E-state index is 10.2. The van der Waals surface area contributed by atoms with Crippen molar-refractivity contribution in [1.82, 2.24) is 9.80 Å². The normalized spacial score (nSPS) is 17.0. The number of para-hydroxylation sites is 1. The minimum absolute atomic E-state index is 0.298. The van der Waals surface area contributed by atoms with E-state index in [9.17, 15) is 5.11 Å². The molecule has 0 radical (unpaired) electrons. The molecule has 2 aromatic carbocycles. The fraction of sp³-hybridized carbons (Fsp3) is 0.429. The number of aliphatic hydroxyl groups is 1. The molecule has 1 fully saturated rings. The number of ether oxygens (including phenoxy) is 2. The number of rotatable bonds is 8. The summed E-state index contributed by atoms with van der Waals surface area (Å²) in [6, 6.07) is 17.2. The highest BCUT2D eigenvalue weighted by atomic mass is 16.5. The number of β-amino-alcohol motifs (C(OH)–C–C–N with tert-alkyl or cyclic N) is 1. The Bertz CT molecular complexity index is 640. The molecule has 140 valence electrons. The third kappa shape index (κ3) is 5.73. The van der Waals surface area contributed by atoms with E-state index < -0.39 is 6.10 Å². The van der Waals surface area contributed by atoms with Crippen LogP contribution in [-0.2, 0) is 0 Å². The molecule has 1 aliphatic rings. The van der Waals surface area contributed by atoms with Gasteiger partial charge < -0.3 is 19.5 Å². The van der Waals surface area contributed by atoms with Crippen LogP contribution in [0.2, 0.25) is 0 Å². The fourth-order valence-corrected chi connectivity index (χ4v) is 3.06. The first-order chi connectivity index (χ1) is 12.7. The van der Waals surface area contributed by atoms with Gasteiger partial charge in [-0.2, -0.15) is 0 Å². The lowest BCUT2D eigenvalue weighted by Gasteiger charge is -2.34. The molecule has 0 amide bonds. The Morgan fingerprint density at radius 1 is 0.846 bits per heavy atom. The van der Waals surface area contributed by atoms with Crippen LogP contribution in [0.5, 0.6) is 17.2 Å². The SMILES string of the molecule is CCN1CCN(CC(O)COc2ccc(Oc3ccccc3)cc2)CC1. The highest BCUT2D eigenvalue weighted by Crippen LogP contribution is 2.23. The average Bonchev–Trinajstić information content (AvgIpc) is 2.69. The lowest BCUT2D eigenvalue weighted by molar-refractivity contribution is 0.0471. The molecule has 0 spiro atoms. The number of hydrogen-bond acceptors (Lipinski definition) is 5. The first-order valence-corrected chi connectivity index (χ1v) is 9.31. The maximum Gasteiger partial charge on any atom is 0.127 e. The van der Waals surface area contributed by atoms with Gasteiger partial charge in [-0.05, 0) is 42.9 Å². The van der Waals surface area contributed by atoms with Gasteiger partial charge in [0.1, 0.15) is 30.0 Å². The Kier molecular flexibility index (Phi) is 6.89. The molecule has 2 aromatic rings. The first-order valence-electron chi connectivity index (χ1n) is 9.31. The Balaban J connectivity index is 1.40. The molecule has 0 aliphatic carbocycles. The van der Waals surface area contributed by atoms with Gasteiger partial charge in [0, 0.05) is 32.7 Å². The second-order valence-electron chi connectivity index (χ2n) is 6.59. The van der Waals surface area contributed by atoms with Crippen molar-refractivity contribution in [2.45, 2.75) is 13.0 Å². The summed E-state index contributed by atoms with van der Waals surface area (Å²) in [5.74, 6) is 2.30. The standard InChI is InChI=1S/C21H28N2O3/c1-2-22-12-14-23(15-13-22)16-18(24)17-25-19-8-10-21(11-9-19)26-20-6-4-3-5-7-20/h3-11,18,24H,2,12-17H2,1H3. The van der Waals surface area contributed by atoms with Crippen LogP contribution in [-0.4, -0.2) is 66.9 Å². The fourth-order valence-electron chi connectivity index (χ4n) is 3.06. The van der Waals surface area contributed by atoms with Gasteiger partial charge in [-0.15, -0.1) is 0 Å². The molecule has 5 nitrogen and oxygen atoms in total. The number of piperazine rings is 1. The summed E-state index contributed by atoms with van der Waals surface area (Å²) in [5.41, 5.74) is 0. The van der Waals surface area contributed by atoms with Gasteiger partial charge in [0.2, 0.25) is 0 Å². The van der Waals surface area contributed by atoms with E-state index in [-0.39, 0.29) is 0 Å². The quantitative estimate of drug-likeness (QED) is 0.788. The van der Waals surface area contributed by atoms with E-state index in [2.05, 4.69) is 16.7 Å². The molecule has 1 saturated heterocycles. The summed E-state index contributed by atoms with van der Waals surface area (Å²) in [4.78, 5) is 4.73. The highest BCUT2D eigenvalue weighted by Gasteiger charge is 2.18. The Morgan fingerprint density at radius 2 is 1.42 bits per heavy atom. The van der Waals surface area contributed by atoms with E-state index in [1.54, 1.807) is 0 Å². The second-order valence-corrected chi connectivity index (χ2v) is 6.59. The molecular weight excluding hydrogens is 328 g/mol. The monoisotopic (exact) mass is 356 g/mol. The van der Waals surface area contributed by atoms with Crippen LogP contribution in [0.1, 0.15) is 6.92 Å². The van der Waals surface area contributed by atoms with E-state index >= 15 is 0 Å². The third-order valence-corrected chi connectivity index (χ3v) is 4.63. The molecular formula is C21H28N2O3. The summed E-state index contributed by atoms with van der Waals surface area (Å²) in [5, 5.41) is 10.2. The minimum atomic E-state index is -0.483. The maximum absolute atomic E-state index is 10.2. The second kappa shape index (κ2) is 9.57. The number of benzene rings is 2. The summed E-state index contributed by atoms with van der Waals surface area (Å²) in [6.07, 6.45) is -0.483. The lowest BCUT2D eigenvalue weighted by Crippen LogP contribution is -2.49. The minimum Gasteiger partial charge on any atom is -0.491 e. The largest absolute Gasteiger partial charge is 0.491 e. The summed E-state index contributed by atoms with van der Waals surface area (Å²) in [6.45, 7) is 8.42. The van der Waals surface area contributed by atoms with Crippen LogP contribution in [0.3, 0.4) is 0 Å². The van der Waals surface area contributed by atoms with Crippen molar-refractivity contribution in [3.05, 3.63) is 54.6 Å². The van der Waals surface area contributed by atoms with Crippen LogP contribution < -0.4 is 9.47 Å². The van der Waals surface area contributed by atoms with E-state index in [0.717, 1.165) is 50.0 Å². The average molecular weight is 356 g/mol. The van der Waals surface area contributed by atoms with E-state index in [0.29, 0.717) is 13.2 Å². The van der Waals surface area contributed by atoms with Crippen LogP contribution in [0.15, 0.2) is 54.6 Å². The summed E-state index contributed by atoms with van der Waals surface area (Å²) >= 11 is 0. The van der Waals surface area contributed by atoms with Crippen molar-refractivity contribution < 1.29 is 14.6 Å². The van der Waals surface area contributed by atoms with Gasteiger partial charge >= 0.3 is 0 Å². The zero-order chi connectivity index (χ0) is 18.2. The Hall–Kier alpha value is -2.08. The molecule has 0 saturated carbocycles. The van der Waals surface area contributed by atoms with Gasteiger partial charge in [-0.25, -0.2) is 0 Å². The molecule has 0 bridgehead atoms. The molecule has 5 heteroatoms. The van der Waals surface area contributed by atoms with E-state index in [1.807, 2.05) is 54.6 Å². The van der Waals surface area contributed by atoms with Crippen LogP contribution in [0, 0.1) is 0 Å². The molecule has 1 aliphatic heterocycles. The van der Waals surface area contributed by atoms with Crippen molar-refractivity contribution in [2.24, 2.45) is 0 Å². The van der Waals surface area contributed by atoms with Gasteiger partial charge in [0.25, 0.3) is 0 Å². The smallest absolute Gasteiger partial charge is 0.127 e. The number of nitrogens with zero attached hydrogens (tertiary/aromatic N) is 2. The zero-order valence-corrected chi connectivity index (χ0v) is 15.4. The topological polar surface area (TPSA) is 45.2 Å². The Morgan fingerprint density at radius 3 is 2.08 bits per heavy atom. The Labute approximate surface area is 155 Å². The first kappa shape index (κ1) is 18.7. The van der Waals surface area contributed by atoms with E-state index in [4.69, 9.17) is 9.47 Å². The van der Waals surface area contributed by atoms with Crippen molar-refractivity contribution in [2.75, 3.05) is 45.9 Å². The molecule has 0 aromatic heterocycles.